The molecule has 0 radical (unpaired) electrons. The molecule has 1 saturated heterocycles. The van der Waals surface area contributed by atoms with Gasteiger partial charge in [-0.05, 0) is 25.3 Å². The molecule has 0 spiro atoms. The van der Waals surface area contributed by atoms with Crippen molar-refractivity contribution in [2.75, 3.05) is 6.54 Å². The average molecular weight is 286 g/mol. The molecule has 1 aliphatic heterocycles. The SMILES string of the molecule is NC(=O)[C@@H]1CCCCN1C(=O)Cn1ccc(C(F)F)n1. The van der Waals surface area contributed by atoms with Gasteiger partial charge in [0.05, 0.1) is 0 Å². The first kappa shape index (κ1) is 14.4. The standard InChI is InChI=1S/C12H16F2N4O2/c13-11(14)8-4-6-17(16-8)7-10(19)18-5-2-1-3-9(18)12(15)20/h4,6,9,11H,1-3,5,7H2,(H2,15,20)/t9-/m0/s1. The minimum absolute atomic E-state index is 0.170. The molecule has 1 aromatic rings. The fraction of sp³-hybridized carbons (Fsp3) is 0.583. The van der Waals surface area contributed by atoms with Gasteiger partial charge >= 0.3 is 0 Å². The first-order chi connectivity index (χ1) is 9.49. The average Bonchev–Trinajstić information content (AvgIpc) is 2.87. The molecule has 1 aliphatic rings. The third kappa shape index (κ3) is 3.12. The molecule has 0 saturated carbocycles. The first-order valence-electron chi connectivity index (χ1n) is 6.39. The molecule has 0 bridgehead atoms. The number of hydrogen-bond donors (Lipinski definition) is 1. The fourth-order valence-electron chi connectivity index (χ4n) is 2.34. The first-order valence-corrected chi connectivity index (χ1v) is 6.39. The van der Waals surface area contributed by atoms with Gasteiger partial charge in [0.25, 0.3) is 6.43 Å². The van der Waals surface area contributed by atoms with Crippen LogP contribution in [0.15, 0.2) is 12.3 Å². The second-order valence-corrected chi connectivity index (χ2v) is 4.74. The lowest BCUT2D eigenvalue weighted by molar-refractivity contribution is -0.141. The van der Waals surface area contributed by atoms with Gasteiger partial charge in [-0.3, -0.25) is 14.3 Å². The Kier molecular flexibility index (Phi) is 4.31. The van der Waals surface area contributed by atoms with Crippen molar-refractivity contribution < 1.29 is 18.4 Å². The molecule has 0 unspecified atom stereocenters. The van der Waals surface area contributed by atoms with Crippen LogP contribution < -0.4 is 5.73 Å². The van der Waals surface area contributed by atoms with Crippen LogP contribution in [0.1, 0.15) is 31.4 Å². The number of alkyl halides is 2. The Morgan fingerprint density at radius 2 is 2.20 bits per heavy atom. The zero-order valence-corrected chi connectivity index (χ0v) is 10.8. The van der Waals surface area contributed by atoms with Gasteiger partial charge in [-0.1, -0.05) is 0 Å². The molecule has 1 aromatic heterocycles. The molecule has 0 aromatic carbocycles. The third-order valence-corrected chi connectivity index (χ3v) is 3.33. The summed E-state index contributed by atoms with van der Waals surface area (Å²) in [7, 11) is 0. The van der Waals surface area contributed by atoms with Crippen molar-refractivity contribution in [2.45, 2.75) is 38.3 Å². The highest BCUT2D eigenvalue weighted by molar-refractivity contribution is 5.86. The summed E-state index contributed by atoms with van der Waals surface area (Å²) in [6.07, 6.45) is 0.844. The monoisotopic (exact) mass is 286 g/mol. The largest absolute Gasteiger partial charge is 0.368 e. The number of piperidine rings is 1. The molecule has 20 heavy (non-hydrogen) atoms. The van der Waals surface area contributed by atoms with E-state index in [1.165, 1.54) is 17.2 Å². The lowest BCUT2D eigenvalue weighted by Crippen LogP contribution is -2.51. The molecular weight excluding hydrogens is 270 g/mol. The Balaban J connectivity index is 2.04. The molecule has 1 fully saturated rings. The number of amides is 2. The van der Waals surface area contributed by atoms with Gasteiger partial charge in [0, 0.05) is 12.7 Å². The van der Waals surface area contributed by atoms with Crippen molar-refractivity contribution >= 4 is 11.8 Å². The summed E-state index contributed by atoms with van der Waals surface area (Å²) in [5, 5.41) is 3.62. The van der Waals surface area contributed by atoms with Crippen molar-refractivity contribution in [2.24, 2.45) is 5.73 Å². The minimum atomic E-state index is -2.67. The lowest BCUT2D eigenvalue weighted by atomic mass is 10.0. The number of rotatable bonds is 4. The predicted molar refractivity (Wildman–Crippen MR) is 65.7 cm³/mol. The Labute approximate surface area is 114 Å². The molecular formula is C12H16F2N4O2. The van der Waals surface area contributed by atoms with E-state index < -0.39 is 18.4 Å². The molecule has 2 rings (SSSR count). The third-order valence-electron chi connectivity index (χ3n) is 3.33. The van der Waals surface area contributed by atoms with Crippen LogP contribution in [0.25, 0.3) is 0 Å². The Morgan fingerprint density at radius 1 is 1.45 bits per heavy atom. The second-order valence-electron chi connectivity index (χ2n) is 4.74. The van der Waals surface area contributed by atoms with Crippen LogP contribution in [-0.4, -0.2) is 39.1 Å². The summed E-state index contributed by atoms with van der Waals surface area (Å²) >= 11 is 0. The molecule has 6 nitrogen and oxygen atoms in total. The van der Waals surface area contributed by atoms with Crippen LogP contribution in [0.2, 0.25) is 0 Å². The van der Waals surface area contributed by atoms with E-state index in [-0.39, 0.29) is 18.1 Å². The van der Waals surface area contributed by atoms with E-state index in [9.17, 15) is 18.4 Å². The summed E-state index contributed by atoms with van der Waals surface area (Å²) < 4.78 is 26.0. The number of primary amides is 1. The molecule has 8 heteroatoms. The summed E-state index contributed by atoms with van der Waals surface area (Å²) in [4.78, 5) is 24.9. The van der Waals surface area contributed by atoms with E-state index in [0.29, 0.717) is 13.0 Å². The van der Waals surface area contributed by atoms with Crippen molar-refractivity contribution in [3.63, 3.8) is 0 Å². The Bertz CT molecular complexity index is 503. The molecule has 1 atom stereocenters. The van der Waals surface area contributed by atoms with Crippen LogP contribution in [0.5, 0.6) is 0 Å². The van der Waals surface area contributed by atoms with E-state index in [1.807, 2.05) is 0 Å². The van der Waals surface area contributed by atoms with Gasteiger partial charge in [0.2, 0.25) is 11.8 Å². The maximum Gasteiger partial charge on any atom is 0.282 e. The van der Waals surface area contributed by atoms with Gasteiger partial charge in [-0.15, -0.1) is 0 Å². The second kappa shape index (κ2) is 5.98. The maximum absolute atomic E-state index is 12.4. The number of carbonyl (C=O) groups excluding carboxylic acids is 2. The predicted octanol–water partition coefficient (Wildman–Crippen LogP) is 0.687. The van der Waals surface area contributed by atoms with Gasteiger partial charge in [-0.2, -0.15) is 5.10 Å². The van der Waals surface area contributed by atoms with Gasteiger partial charge in [0.1, 0.15) is 18.3 Å². The number of hydrogen-bond acceptors (Lipinski definition) is 3. The number of nitrogens with zero attached hydrogens (tertiary/aromatic N) is 3. The summed E-state index contributed by atoms with van der Waals surface area (Å²) in [6.45, 7) is 0.284. The molecule has 2 N–H and O–H groups in total. The van der Waals surface area contributed by atoms with Gasteiger partial charge in [-0.25, -0.2) is 8.78 Å². The molecule has 2 heterocycles. The smallest absolute Gasteiger partial charge is 0.282 e. The molecule has 2 amide bonds. The van der Waals surface area contributed by atoms with Gasteiger partial charge in [0.15, 0.2) is 0 Å². The number of likely N-dealkylation sites (tertiary alicyclic amines) is 1. The van der Waals surface area contributed by atoms with Crippen molar-refractivity contribution in [3.8, 4) is 0 Å². The quantitative estimate of drug-likeness (QED) is 0.884. The van der Waals surface area contributed by atoms with Crippen molar-refractivity contribution in [3.05, 3.63) is 18.0 Å². The summed E-state index contributed by atoms with van der Waals surface area (Å²) in [6, 6.07) is 0.557. The highest BCUT2D eigenvalue weighted by Crippen LogP contribution is 2.18. The van der Waals surface area contributed by atoms with E-state index in [4.69, 9.17) is 5.73 Å². The van der Waals surface area contributed by atoms with E-state index in [0.717, 1.165) is 17.5 Å². The molecule has 110 valence electrons. The summed E-state index contributed by atoms with van der Waals surface area (Å²) in [5.74, 6) is -0.871. The highest BCUT2D eigenvalue weighted by Gasteiger charge is 2.30. The lowest BCUT2D eigenvalue weighted by Gasteiger charge is -2.33. The number of nitrogens with two attached hydrogens (primary N) is 1. The minimum Gasteiger partial charge on any atom is -0.368 e. The Hall–Kier alpha value is -1.99. The number of carbonyl (C=O) groups is 2. The van der Waals surface area contributed by atoms with Crippen LogP contribution in [0, 0.1) is 0 Å². The van der Waals surface area contributed by atoms with Crippen LogP contribution in [0.4, 0.5) is 8.78 Å². The van der Waals surface area contributed by atoms with Crippen LogP contribution >= 0.6 is 0 Å². The maximum atomic E-state index is 12.4. The summed E-state index contributed by atoms with van der Waals surface area (Å²) in [5.41, 5.74) is 4.91. The fourth-order valence-corrected chi connectivity index (χ4v) is 2.34. The van der Waals surface area contributed by atoms with E-state index >= 15 is 0 Å². The topological polar surface area (TPSA) is 81.2 Å². The number of halogens is 2. The normalized spacial score (nSPS) is 19.4. The molecule has 0 aliphatic carbocycles. The van der Waals surface area contributed by atoms with E-state index in [2.05, 4.69) is 5.10 Å². The van der Waals surface area contributed by atoms with Crippen LogP contribution in [-0.2, 0) is 16.1 Å². The number of aromatic nitrogens is 2. The zero-order valence-electron chi connectivity index (χ0n) is 10.8. The zero-order chi connectivity index (χ0) is 14.7. The van der Waals surface area contributed by atoms with Gasteiger partial charge < -0.3 is 10.6 Å². The highest BCUT2D eigenvalue weighted by atomic mass is 19.3. The van der Waals surface area contributed by atoms with Crippen LogP contribution in [0.3, 0.4) is 0 Å². The van der Waals surface area contributed by atoms with Crippen molar-refractivity contribution in [1.29, 1.82) is 0 Å². The van der Waals surface area contributed by atoms with E-state index in [1.54, 1.807) is 0 Å². The van der Waals surface area contributed by atoms with Crippen molar-refractivity contribution in [1.82, 2.24) is 14.7 Å². The Morgan fingerprint density at radius 3 is 2.80 bits per heavy atom.